The van der Waals surface area contributed by atoms with Crippen LogP contribution in [-0.4, -0.2) is 31.6 Å². The Balaban J connectivity index is 1.30. The predicted octanol–water partition coefficient (Wildman–Crippen LogP) is 4.41. The van der Waals surface area contributed by atoms with E-state index < -0.39 is 0 Å². The number of nitrogens with zero attached hydrogens (tertiary/aromatic N) is 1. The number of methoxy groups -OCH3 is 1. The van der Waals surface area contributed by atoms with Gasteiger partial charge in [-0.05, 0) is 60.7 Å². The van der Waals surface area contributed by atoms with Crippen molar-refractivity contribution in [2.24, 2.45) is 0 Å². The highest BCUT2D eigenvalue weighted by molar-refractivity contribution is 5.97. The molecule has 1 heterocycles. The number of anilines is 2. The Kier molecular flexibility index (Phi) is 6.03. The minimum absolute atomic E-state index is 0.0297. The molecule has 7 nitrogen and oxygen atoms in total. The van der Waals surface area contributed by atoms with Crippen LogP contribution in [0.5, 0.6) is 17.2 Å². The third-order valence-corrected chi connectivity index (χ3v) is 4.94. The maximum absolute atomic E-state index is 12.4. The van der Waals surface area contributed by atoms with Gasteiger partial charge < -0.3 is 25.0 Å². The van der Waals surface area contributed by atoms with Crippen molar-refractivity contribution in [3.8, 4) is 17.2 Å². The van der Waals surface area contributed by atoms with E-state index in [9.17, 15) is 9.59 Å². The smallest absolute Gasteiger partial charge is 0.319 e. The lowest BCUT2D eigenvalue weighted by Crippen LogP contribution is -2.39. The zero-order chi connectivity index (χ0) is 21.6. The molecule has 0 bridgehead atoms. The fourth-order valence-corrected chi connectivity index (χ4v) is 3.40. The lowest BCUT2D eigenvalue weighted by Gasteiger charge is -2.18. The SMILES string of the molecule is COc1ccc(N2C[C@@H](NC(=O)Nc3ccc(Oc4ccccc4)cc3)CC2=O)cc1. The van der Waals surface area contributed by atoms with E-state index in [2.05, 4.69) is 10.6 Å². The molecule has 1 fully saturated rings. The summed E-state index contributed by atoms with van der Waals surface area (Å²) in [5.74, 6) is 2.12. The summed E-state index contributed by atoms with van der Waals surface area (Å²) in [5.41, 5.74) is 1.42. The molecule has 3 aromatic rings. The lowest BCUT2D eigenvalue weighted by atomic mass is 10.2. The fourth-order valence-electron chi connectivity index (χ4n) is 3.40. The summed E-state index contributed by atoms with van der Waals surface area (Å²) >= 11 is 0. The van der Waals surface area contributed by atoms with Gasteiger partial charge in [0, 0.05) is 24.3 Å². The van der Waals surface area contributed by atoms with E-state index in [1.165, 1.54) is 0 Å². The second-order valence-electron chi connectivity index (χ2n) is 7.14. The number of benzene rings is 3. The number of hydrogen-bond acceptors (Lipinski definition) is 4. The van der Waals surface area contributed by atoms with Crippen LogP contribution in [0.3, 0.4) is 0 Å². The molecule has 4 rings (SSSR count). The Morgan fingerprint density at radius 2 is 1.55 bits per heavy atom. The first-order chi connectivity index (χ1) is 15.1. The monoisotopic (exact) mass is 417 g/mol. The molecular weight excluding hydrogens is 394 g/mol. The van der Waals surface area contributed by atoms with Crippen LogP contribution >= 0.6 is 0 Å². The van der Waals surface area contributed by atoms with Crippen LogP contribution in [0, 0.1) is 0 Å². The number of para-hydroxylation sites is 1. The number of hydrogen-bond donors (Lipinski definition) is 2. The first-order valence-corrected chi connectivity index (χ1v) is 9.95. The van der Waals surface area contributed by atoms with Crippen LogP contribution in [0.1, 0.15) is 6.42 Å². The van der Waals surface area contributed by atoms with Crippen molar-refractivity contribution in [3.05, 3.63) is 78.9 Å². The molecule has 31 heavy (non-hydrogen) atoms. The first-order valence-electron chi connectivity index (χ1n) is 9.95. The Labute approximate surface area is 180 Å². The highest BCUT2D eigenvalue weighted by Crippen LogP contribution is 2.25. The van der Waals surface area contributed by atoms with Gasteiger partial charge in [0.15, 0.2) is 0 Å². The average Bonchev–Trinajstić information content (AvgIpc) is 3.15. The third kappa shape index (κ3) is 5.14. The number of carbonyl (C=O) groups is 2. The second-order valence-corrected chi connectivity index (χ2v) is 7.14. The van der Waals surface area contributed by atoms with Gasteiger partial charge in [-0.2, -0.15) is 0 Å². The molecule has 158 valence electrons. The van der Waals surface area contributed by atoms with Crippen molar-refractivity contribution in [1.29, 1.82) is 0 Å². The van der Waals surface area contributed by atoms with E-state index in [0.29, 0.717) is 18.0 Å². The molecule has 0 radical (unpaired) electrons. The molecular formula is C24H23N3O4. The summed E-state index contributed by atoms with van der Waals surface area (Å²) in [4.78, 5) is 26.4. The van der Waals surface area contributed by atoms with Crippen molar-refractivity contribution in [1.82, 2.24) is 5.32 Å². The largest absolute Gasteiger partial charge is 0.497 e. The Hall–Kier alpha value is -4.00. The summed E-state index contributed by atoms with van der Waals surface area (Å²) in [7, 11) is 1.60. The standard InChI is InChI=1S/C24H23N3O4/c1-30-20-13-9-19(10-14-20)27-16-18(15-23(27)28)26-24(29)25-17-7-11-22(12-8-17)31-21-5-3-2-4-6-21/h2-14,18H,15-16H2,1H3,(H2,25,26,29)/t18-/m0/s1. The average molecular weight is 417 g/mol. The zero-order valence-corrected chi connectivity index (χ0v) is 17.1. The quantitative estimate of drug-likeness (QED) is 0.622. The van der Waals surface area contributed by atoms with Crippen molar-refractivity contribution < 1.29 is 19.1 Å². The first kappa shape index (κ1) is 20.3. The summed E-state index contributed by atoms with van der Waals surface area (Å²) in [6.07, 6.45) is 0.253. The van der Waals surface area contributed by atoms with Gasteiger partial charge in [-0.1, -0.05) is 18.2 Å². The number of carbonyl (C=O) groups excluding carboxylic acids is 2. The van der Waals surface area contributed by atoms with E-state index in [4.69, 9.17) is 9.47 Å². The van der Waals surface area contributed by atoms with Crippen LogP contribution in [0.25, 0.3) is 0 Å². The zero-order valence-electron chi connectivity index (χ0n) is 17.1. The molecule has 3 amide bonds. The van der Waals surface area contributed by atoms with E-state index in [1.807, 2.05) is 42.5 Å². The molecule has 0 spiro atoms. The topological polar surface area (TPSA) is 79.9 Å². The number of rotatable bonds is 6. The molecule has 3 aromatic carbocycles. The molecule has 0 saturated carbocycles. The van der Waals surface area contributed by atoms with Gasteiger partial charge in [0.2, 0.25) is 5.91 Å². The molecule has 0 aromatic heterocycles. The summed E-state index contributed by atoms with van der Waals surface area (Å²) in [6, 6.07) is 23.2. The van der Waals surface area contributed by atoms with Gasteiger partial charge in [0.05, 0.1) is 13.2 Å². The minimum atomic E-state index is -0.355. The van der Waals surface area contributed by atoms with Crippen molar-refractivity contribution in [3.63, 3.8) is 0 Å². The van der Waals surface area contributed by atoms with Crippen molar-refractivity contribution >= 4 is 23.3 Å². The van der Waals surface area contributed by atoms with Crippen LogP contribution in [0.4, 0.5) is 16.2 Å². The van der Waals surface area contributed by atoms with Crippen LogP contribution < -0.4 is 25.0 Å². The molecule has 1 aliphatic heterocycles. The maximum atomic E-state index is 12.4. The van der Waals surface area contributed by atoms with E-state index in [0.717, 1.165) is 17.2 Å². The Bertz CT molecular complexity index is 1040. The Morgan fingerprint density at radius 1 is 0.903 bits per heavy atom. The van der Waals surface area contributed by atoms with Gasteiger partial charge in [-0.15, -0.1) is 0 Å². The minimum Gasteiger partial charge on any atom is -0.497 e. The van der Waals surface area contributed by atoms with E-state index in [-0.39, 0.29) is 24.4 Å². The highest BCUT2D eigenvalue weighted by atomic mass is 16.5. The van der Waals surface area contributed by atoms with Crippen LogP contribution in [-0.2, 0) is 4.79 Å². The van der Waals surface area contributed by atoms with Gasteiger partial charge in [-0.25, -0.2) is 4.79 Å². The van der Waals surface area contributed by atoms with Gasteiger partial charge in [0.25, 0.3) is 0 Å². The summed E-state index contributed by atoms with van der Waals surface area (Å²) in [5, 5.41) is 5.66. The molecule has 0 aliphatic carbocycles. The highest BCUT2D eigenvalue weighted by Gasteiger charge is 2.31. The number of ether oxygens (including phenoxy) is 2. The van der Waals surface area contributed by atoms with Gasteiger partial charge in [-0.3, -0.25) is 4.79 Å². The molecule has 7 heteroatoms. The molecule has 1 aliphatic rings. The fraction of sp³-hybridized carbons (Fsp3) is 0.167. The van der Waals surface area contributed by atoms with E-state index in [1.54, 1.807) is 48.4 Å². The van der Waals surface area contributed by atoms with Crippen LogP contribution in [0.15, 0.2) is 78.9 Å². The third-order valence-electron chi connectivity index (χ3n) is 4.94. The number of amides is 3. The second kappa shape index (κ2) is 9.21. The van der Waals surface area contributed by atoms with Crippen molar-refractivity contribution in [2.75, 3.05) is 23.9 Å². The normalized spacial score (nSPS) is 15.5. The molecule has 0 unspecified atom stereocenters. The van der Waals surface area contributed by atoms with Gasteiger partial charge >= 0.3 is 6.03 Å². The van der Waals surface area contributed by atoms with Crippen LogP contribution in [0.2, 0.25) is 0 Å². The van der Waals surface area contributed by atoms with Gasteiger partial charge in [0.1, 0.15) is 17.2 Å². The molecule has 2 N–H and O–H groups in total. The number of urea groups is 1. The summed E-state index contributed by atoms with van der Waals surface area (Å²) < 4.78 is 10.9. The number of nitrogens with one attached hydrogen (secondary N) is 2. The maximum Gasteiger partial charge on any atom is 0.319 e. The van der Waals surface area contributed by atoms with E-state index >= 15 is 0 Å². The Morgan fingerprint density at radius 3 is 2.23 bits per heavy atom. The summed E-state index contributed by atoms with van der Waals surface area (Å²) in [6.45, 7) is 0.419. The predicted molar refractivity (Wildman–Crippen MR) is 119 cm³/mol. The lowest BCUT2D eigenvalue weighted by molar-refractivity contribution is -0.117. The molecule has 1 atom stereocenters. The molecule has 1 saturated heterocycles. The van der Waals surface area contributed by atoms with Crippen molar-refractivity contribution in [2.45, 2.75) is 12.5 Å².